The number of rotatable bonds is 6. The van der Waals surface area contributed by atoms with E-state index in [2.05, 4.69) is 10.4 Å². The van der Waals surface area contributed by atoms with E-state index in [1.807, 2.05) is 59.1 Å². The highest BCUT2D eigenvalue weighted by atomic mass is 16.5. The Hall–Kier alpha value is -2.34. The number of hydrogen-bond donors (Lipinski definition) is 1. The average Bonchev–Trinajstić information content (AvgIpc) is 3.12. The largest absolute Gasteiger partial charge is 0.377 e. The number of piperidine rings is 1. The lowest BCUT2D eigenvalue weighted by Gasteiger charge is -2.32. The van der Waals surface area contributed by atoms with Gasteiger partial charge in [0.1, 0.15) is 0 Å². The smallest absolute Gasteiger partial charge is 0.317 e. The molecule has 1 N–H and O–H groups in total. The van der Waals surface area contributed by atoms with Crippen LogP contribution in [0.3, 0.4) is 0 Å². The Morgan fingerprint density at radius 3 is 2.96 bits per heavy atom. The van der Waals surface area contributed by atoms with Crippen molar-refractivity contribution in [2.45, 2.75) is 32.3 Å². The fourth-order valence-electron chi connectivity index (χ4n) is 3.12. The summed E-state index contributed by atoms with van der Waals surface area (Å²) in [6.45, 7) is 4.76. The predicted octanol–water partition coefficient (Wildman–Crippen LogP) is 2.63. The third kappa shape index (κ3) is 4.82. The first-order chi connectivity index (χ1) is 12.3. The second-order valence-electron chi connectivity index (χ2n) is 6.23. The molecule has 25 heavy (non-hydrogen) atoms. The monoisotopic (exact) mass is 342 g/mol. The van der Waals surface area contributed by atoms with Crippen molar-refractivity contribution < 1.29 is 9.53 Å². The summed E-state index contributed by atoms with van der Waals surface area (Å²) in [5.74, 6) is 0. The summed E-state index contributed by atoms with van der Waals surface area (Å²) in [6, 6.07) is 12.0. The third-order valence-corrected chi connectivity index (χ3v) is 4.39. The van der Waals surface area contributed by atoms with Crippen LogP contribution in [0.2, 0.25) is 0 Å². The number of para-hydroxylation sites is 1. The summed E-state index contributed by atoms with van der Waals surface area (Å²) in [6.07, 6.45) is 4.87. The van der Waals surface area contributed by atoms with Crippen LogP contribution in [0, 0.1) is 0 Å². The van der Waals surface area contributed by atoms with Gasteiger partial charge in [-0.25, -0.2) is 9.48 Å². The maximum atomic E-state index is 12.3. The Bertz CT molecular complexity index is 669. The fraction of sp³-hybridized carbons (Fsp3) is 0.474. The first-order valence-electron chi connectivity index (χ1n) is 9.00. The van der Waals surface area contributed by atoms with E-state index >= 15 is 0 Å². The number of nitrogens with zero attached hydrogens (tertiary/aromatic N) is 3. The average molecular weight is 342 g/mol. The zero-order valence-electron chi connectivity index (χ0n) is 14.7. The van der Waals surface area contributed by atoms with Crippen LogP contribution in [0.5, 0.6) is 0 Å². The van der Waals surface area contributed by atoms with Crippen molar-refractivity contribution in [3.63, 3.8) is 0 Å². The summed E-state index contributed by atoms with van der Waals surface area (Å²) in [4.78, 5) is 14.2. The molecular formula is C19H26N4O2. The lowest BCUT2D eigenvalue weighted by atomic mass is 10.1. The van der Waals surface area contributed by atoms with Crippen molar-refractivity contribution in [3.05, 3.63) is 48.3 Å². The number of nitrogens with one attached hydrogen (secondary N) is 1. The van der Waals surface area contributed by atoms with Crippen LogP contribution in [0.1, 0.15) is 25.5 Å². The van der Waals surface area contributed by atoms with E-state index in [0.29, 0.717) is 26.1 Å². The topological polar surface area (TPSA) is 59.4 Å². The molecule has 1 atom stereocenters. The standard InChI is InChI=1S/C19H26N4O2/c1-2-25-18-9-6-13-22(15-18)19(24)20-12-10-16-11-14-23(21-16)17-7-4-3-5-8-17/h3-5,7-8,11,14,18H,2,6,9-10,12-13,15H2,1H3,(H,20,24)/t18-/m0/s1. The molecule has 1 aromatic heterocycles. The minimum atomic E-state index is -0.00750. The van der Waals surface area contributed by atoms with Crippen molar-refractivity contribution in [2.75, 3.05) is 26.2 Å². The number of aromatic nitrogens is 2. The molecule has 0 aliphatic carbocycles. The van der Waals surface area contributed by atoms with Crippen LogP contribution in [-0.2, 0) is 11.2 Å². The molecule has 0 bridgehead atoms. The Labute approximate surface area is 148 Å². The Morgan fingerprint density at radius 2 is 2.16 bits per heavy atom. The van der Waals surface area contributed by atoms with Crippen LogP contribution in [0.15, 0.2) is 42.6 Å². The van der Waals surface area contributed by atoms with Crippen LogP contribution in [-0.4, -0.2) is 53.1 Å². The molecule has 0 radical (unpaired) electrons. The number of carbonyl (C=O) groups excluding carboxylic acids is 1. The minimum Gasteiger partial charge on any atom is -0.377 e. The Morgan fingerprint density at radius 1 is 1.32 bits per heavy atom. The zero-order valence-corrected chi connectivity index (χ0v) is 14.7. The molecule has 6 heteroatoms. The third-order valence-electron chi connectivity index (χ3n) is 4.39. The number of urea groups is 1. The van der Waals surface area contributed by atoms with E-state index in [4.69, 9.17) is 4.74 Å². The number of carbonyl (C=O) groups is 1. The van der Waals surface area contributed by atoms with Gasteiger partial charge < -0.3 is 15.0 Å². The SMILES string of the molecule is CCO[C@H]1CCCN(C(=O)NCCc2ccn(-c3ccccc3)n2)C1. The van der Waals surface area contributed by atoms with Gasteiger partial charge in [0.25, 0.3) is 0 Å². The maximum absolute atomic E-state index is 12.3. The summed E-state index contributed by atoms with van der Waals surface area (Å²) >= 11 is 0. The molecule has 1 aliphatic rings. The molecule has 2 aromatic rings. The minimum absolute atomic E-state index is 0.00750. The van der Waals surface area contributed by atoms with Gasteiger partial charge >= 0.3 is 6.03 Å². The molecule has 0 spiro atoms. The van der Waals surface area contributed by atoms with Gasteiger partial charge in [0.15, 0.2) is 0 Å². The normalized spacial score (nSPS) is 17.5. The molecular weight excluding hydrogens is 316 g/mol. The molecule has 3 rings (SSSR count). The summed E-state index contributed by atoms with van der Waals surface area (Å²) < 4.78 is 7.50. The highest BCUT2D eigenvalue weighted by molar-refractivity contribution is 5.74. The van der Waals surface area contributed by atoms with Gasteiger partial charge in [-0.15, -0.1) is 0 Å². The predicted molar refractivity (Wildman–Crippen MR) is 96.9 cm³/mol. The summed E-state index contributed by atoms with van der Waals surface area (Å²) in [5.41, 5.74) is 2.00. The number of likely N-dealkylation sites (tertiary alicyclic amines) is 1. The number of amides is 2. The highest BCUT2D eigenvalue weighted by Crippen LogP contribution is 2.13. The van der Waals surface area contributed by atoms with Gasteiger partial charge in [-0.05, 0) is 38.0 Å². The van der Waals surface area contributed by atoms with Crippen molar-refractivity contribution in [3.8, 4) is 5.69 Å². The van der Waals surface area contributed by atoms with E-state index in [1.54, 1.807) is 0 Å². The van der Waals surface area contributed by atoms with Crippen LogP contribution < -0.4 is 5.32 Å². The second kappa shape index (κ2) is 8.67. The molecule has 1 fully saturated rings. The lowest BCUT2D eigenvalue weighted by Crippen LogP contribution is -2.48. The van der Waals surface area contributed by atoms with Gasteiger partial charge in [0.05, 0.1) is 17.5 Å². The quantitative estimate of drug-likeness (QED) is 0.878. The number of benzene rings is 1. The van der Waals surface area contributed by atoms with Gasteiger partial charge in [-0.1, -0.05) is 18.2 Å². The number of ether oxygens (including phenoxy) is 1. The van der Waals surface area contributed by atoms with E-state index < -0.39 is 0 Å². The first kappa shape index (κ1) is 17.5. The molecule has 1 saturated heterocycles. The fourth-order valence-corrected chi connectivity index (χ4v) is 3.12. The van der Waals surface area contributed by atoms with Gasteiger partial charge in [0, 0.05) is 38.9 Å². The van der Waals surface area contributed by atoms with Crippen LogP contribution >= 0.6 is 0 Å². The zero-order chi connectivity index (χ0) is 17.5. The van der Waals surface area contributed by atoms with Crippen LogP contribution in [0.25, 0.3) is 5.69 Å². The van der Waals surface area contributed by atoms with Gasteiger partial charge in [-0.2, -0.15) is 5.10 Å². The molecule has 0 unspecified atom stereocenters. The Kier molecular flexibility index (Phi) is 6.06. The first-order valence-corrected chi connectivity index (χ1v) is 9.00. The number of hydrogen-bond acceptors (Lipinski definition) is 3. The van der Waals surface area contributed by atoms with E-state index in [-0.39, 0.29) is 12.1 Å². The lowest BCUT2D eigenvalue weighted by molar-refractivity contribution is 0.0165. The molecule has 0 saturated carbocycles. The summed E-state index contributed by atoms with van der Waals surface area (Å²) in [5, 5.41) is 7.55. The van der Waals surface area contributed by atoms with Crippen molar-refractivity contribution in [1.29, 1.82) is 0 Å². The second-order valence-corrected chi connectivity index (χ2v) is 6.23. The summed E-state index contributed by atoms with van der Waals surface area (Å²) in [7, 11) is 0. The molecule has 6 nitrogen and oxygen atoms in total. The van der Waals surface area contributed by atoms with E-state index in [1.165, 1.54) is 0 Å². The van der Waals surface area contributed by atoms with Crippen molar-refractivity contribution >= 4 is 6.03 Å². The molecule has 2 amide bonds. The van der Waals surface area contributed by atoms with E-state index in [9.17, 15) is 4.79 Å². The molecule has 134 valence electrons. The van der Waals surface area contributed by atoms with Crippen LogP contribution in [0.4, 0.5) is 4.79 Å². The van der Waals surface area contributed by atoms with Gasteiger partial charge in [0.2, 0.25) is 0 Å². The maximum Gasteiger partial charge on any atom is 0.317 e. The molecule has 2 heterocycles. The highest BCUT2D eigenvalue weighted by Gasteiger charge is 2.23. The molecule has 1 aromatic carbocycles. The van der Waals surface area contributed by atoms with Crippen molar-refractivity contribution in [1.82, 2.24) is 20.0 Å². The Balaban J connectivity index is 1.45. The van der Waals surface area contributed by atoms with Gasteiger partial charge in [-0.3, -0.25) is 0 Å². The molecule has 1 aliphatic heterocycles. The van der Waals surface area contributed by atoms with Crippen molar-refractivity contribution in [2.24, 2.45) is 0 Å². The van der Waals surface area contributed by atoms with E-state index in [0.717, 1.165) is 30.8 Å².